The van der Waals surface area contributed by atoms with E-state index in [1.807, 2.05) is 0 Å². The number of carbonyl (C=O) groups excluding carboxylic acids is 1. The number of hydrogen-bond donors (Lipinski definition) is 1. The van der Waals surface area contributed by atoms with Crippen molar-refractivity contribution in [3.63, 3.8) is 0 Å². The summed E-state index contributed by atoms with van der Waals surface area (Å²) in [5.41, 5.74) is 8.04. The maximum Gasteiger partial charge on any atom is 0.224 e. The lowest BCUT2D eigenvalue weighted by molar-refractivity contribution is -0.117. The fourth-order valence-electron chi connectivity index (χ4n) is 4.46. The average Bonchev–Trinajstić information content (AvgIpc) is 3.06. The van der Waals surface area contributed by atoms with E-state index in [1.165, 1.54) is 22.3 Å². The van der Waals surface area contributed by atoms with Crippen LogP contribution in [0.3, 0.4) is 0 Å². The molecule has 0 aliphatic carbocycles. The molecule has 1 heterocycles. The van der Waals surface area contributed by atoms with Crippen LogP contribution in [0.5, 0.6) is 5.75 Å². The van der Waals surface area contributed by atoms with E-state index in [2.05, 4.69) is 108 Å². The Balaban J connectivity index is 2.05. The Bertz CT molecular complexity index is 1000. The molecule has 0 bridgehead atoms. The third-order valence-corrected chi connectivity index (χ3v) is 7.98. The second-order valence-electron chi connectivity index (χ2n) is 11.1. The number of amides is 1. The number of nitrogens with one attached hydrogen (secondary N) is 1. The first-order chi connectivity index (χ1) is 14.8. The average molecular weight is 548 g/mol. The molecule has 3 nitrogen and oxygen atoms in total. The second kappa shape index (κ2) is 9.36. The molecule has 0 fully saturated rings. The van der Waals surface area contributed by atoms with Gasteiger partial charge in [0.2, 0.25) is 5.91 Å². The highest BCUT2D eigenvalue weighted by molar-refractivity contribution is 14.1. The summed E-state index contributed by atoms with van der Waals surface area (Å²) < 4.78 is 7.51. The third kappa shape index (κ3) is 5.49. The number of alkyl halides is 1. The topological polar surface area (TPSA) is 38.3 Å². The van der Waals surface area contributed by atoms with Gasteiger partial charge >= 0.3 is 0 Å². The number of rotatable bonds is 6. The van der Waals surface area contributed by atoms with Crippen molar-refractivity contribution in [2.24, 2.45) is 5.41 Å². The minimum absolute atomic E-state index is 0.0491. The normalized spacial score (nSPS) is 17.9. The van der Waals surface area contributed by atoms with Crippen molar-refractivity contribution in [2.75, 3.05) is 9.74 Å². The van der Waals surface area contributed by atoms with Gasteiger partial charge in [0.15, 0.2) is 0 Å². The summed E-state index contributed by atoms with van der Waals surface area (Å²) in [6.45, 7) is 17.2. The van der Waals surface area contributed by atoms with Crippen molar-refractivity contribution < 1.29 is 9.53 Å². The molecule has 0 radical (unpaired) electrons. The Labute approximate surface area is 207 Å². The fraction of sp³-hybridized carbons (Fsp3) is 0.536. The molecule has 1 unspecified atom stereocenters. The zero-order chi connectivity index (χ0) is 23.8. The highest BCUT2D eigenvalue weighted by Crippen LogP contribution is 2.46. The summed E-state index contributed by atoms with van der Waals surface area (Å²) in [5, 5.41) is 3.26. The van der Waals surface area contributed by atoms with Gasteiger partial charge in [-0.2, -0.15) is 0 Å². The lowest BCUT2D eigenvalue weighted by Gasteiger charge is -2.23. The van der Waals surface area contributed by atoms with E-state index >= 15 is 0 Å². The van der Waals surface area contributed by atoms with E-state index in [0.29, 0.717) is 12.3 Å². The molecule has 2 aromatic carbocycles. The molecule has 3 rings (SSSR count). The largest absolute Gasteiger partial charge is 0.486 e. The second-order valence-corrected chi connectivity index (χ2v) is 11.9. The van der Waals surface area contributed by atoms with Crippen LogP contribution in [0, 0.1) is 19.3 Å². The minimum Gasteiger partial charge on any atom is -0.486 e. The first-order valence-corrected chi connectivity index (χ1v) is 13.1. The third-order valence-electron chi connectivity index (χ3n) is 6.37. The van der Waals surface area contributed by atoms with Crippen molar-refractivity contribution in [1.82, 2.24) is 0 Å². The van der Waals surface area contributed by atoms with Crippen LogP contribution in [-0.2, 0) is 17.6 Å². The molecule has 174 valence electrons. The van der Waals surface area contributed by atoms with Gasteiger partial charge in [-0.25, -0.2) is 0 Å². The van der Waals surface area contributed by atoms with Crippen LogP contribution in [0.2, 0.25) is 0 Å². The monoisotopic (exact) mass is 547 g/mol. The highest BCUT2D eigenvalue weighted by Gasteiger charge is 2.38. The molecule has 1 amide bonds. The summed E-state index contributed by atoms with van der Waals surface area (Å²) in [5.74, 6) is 1.62. The maximum absolute atomic E-state index is 12.8. The smallest absolute Gasteiger partial charge is 0.224 e. The van der Waals surface area contributed by atoms with Crippen LogP contribution in [0.1, 0.15) is 87.3 Å². The van der Waals surface area contributed by atoms with E-state index < -0.39 is 0 Å². The Morgan fingerprint density at radius 3 is 2.31 bits per heavy atom. The fourth-order valence-corrected chi connectivity index (χ4v) is 4.89. The molecule has 1 atom stereocenters. The highest BCUT2D eigenvalue weighted by atomic mass is 127. The van der Waals surface area contributed by atoms with Crippen LogP contribution in [0.4, 0.5) is 5.69 Å². The predicted octanol–water partition coefficient (Wildman–Crippen LogP) is 7.52. The summed E-state index contributed by atoms with van der Waals surface area (Å²) in [4.78, 5) is 12.8. The molecule has 0 aromatic heterocycles. The van der Waals surface area contributed by atoms with E-state index in [4.69, 9.17) is 4.74 Å². The van der Waals surface area contributed by atoms with E-state index in [0.717, 1.165) is 39.8 Å². The van der Waals surface area contributed by atoms with Gasteiger partial charge in [0, 0.05) is 40.5 Å². The number of halogens is 1. The summed E-state index contributed by atoms with van der Waals surface area (Å²) in [7, 11) is 0. The molecule has 1 aliphatic rings. The van der Waals surface area contributed by atoms with E-state index in [-0.39, 0.29) is 16.9 Å². The zero-order valence-electron chi connectivity index (χ0n) is 20.9. The van der Waals surface area contributed by atoms with Crippen LogP contribution in [0.25, 0.3) is 0 Å². The van der Waals surface area contributed by atoms with E-state index in [9.17, 15) is 4.79 Å². The van der Waals surface area contributed by atoms with Crippen molar-refractivity contribution in [2.45, 2.75) is 86.2 Å². The quantitative estimate of drug-likeness (QED) is 0.300. The SMILES string of the molecule is Cc1c(Cc2ccc(C(C)C)cc2)c2c(c(C)c1NC(=O)CC(C)(C)C)CC(C)(CI)O2. The molecular weight excluding hydrogens is 509 g/mol. The molecule has 32 heavy (non-hydrogen) atoms. The van der Waals surface area contributed by atoms with Crippen LogP contribution >= 0.6 is 22.6 Å². The van der Waals surface area contributed by atoms with Gasteiger partial charge in [-0.05, 0) is 54.4 Å². The summed E-state index contributed by atoms with van der Waals surface area (Å²) in [6.07, 6.45) is 2.17. The standard InChI is InChI=1S/C28H38INO2/c1-17(2)21-11-9-20(10-12-21)13-22-18(3)25(30-24(31)15-27(5,6)7)19(4)23-14-28(8,16-29)32-26(22)23/h9-12,17H,13-16H2,1-8H3,(H,30,31). The predicted molar refractivity (Wildman–Crippen MR) is 144 cm³/mol. The van der Waals surface area contributed by atoms with Crippen molar-refractivity contribution in [3.8, 4) is 5.75 Å². The maximum atomic E-state index is 12.8. The number of anilines is 1. The molecule has 1 N–H and O–H groups in total. The van der Waals surface area contributed by atoms with Crippen LogP contribution < -0.4 is 10.1 Å². The van der Waals surface area contributed by atoms with Crippen LogP contribution in [-0.4, -0.2) is 15.9 Å². The van der Waals surface area contributed by atoms with Gasteiger partial charge in [-0.3, -0.25) is 4.79 Å². The van der Waals surface area contributed by atoms with Gasteiger partial charge in [-0.1, -0.05) is 81.5 Å². The van der Waals surface area contributed by atoms with Gasteiger partial charge in [-0.15, -0.1) is 0 Å². The van der Waals surface area contributed by atoms with Crippen molar-refractivity contribution in [3.05, 3.63) is 57.6 Å². The first kappa shape index (κ1) is 25.1. The Morgan fingerprint density at radius 1 is 1.16 bits per heavy atom. The van der Waals surface area contributed by atoms with Crippen molar-refractivity contribution in [1.29, 1.82) is 0 Å². The molecule has 4 heteroatoms. The lowest BCUT2D eigenvalue weighted by Crippen LogP contribution is -2.32. The molecule has 0 saturated heterocycles. The molecular formula is C28H38INO2. The number of carbonyl (C=O) groups is 1. The van der Waals surface area contributed by atoms with Crippen molar-refractivity contribution >= 4 is 34.2 Å². The summed E-state index contributed by atoms with van der Waals surface area (Å²) in [6, 6.07) is 8.91. The van der Waals surface area contributed by atoms with Gasteiger partial charge in [0.1, 0.15) is 11.4 Å². The number of hydrogen-bond acceptors (Lipinski definition) is 2. The van der Waals surface area contributed by atoms with Crippen LogP contribution in [0.15, 0.2) is 24.3 Å². The molecule has 1 aliphatic heterocycles. The lowest BCUT2D eigenvalue weighted by atomic mass is 9.88. The Morgan fingerprint density at radius 2 is 1.78 bits per heavy atom. The summed E-state index contributed by atoms with van der Waals surface area (Å²) >= 11 is 2.42. The molecule has 0 saturated carbocycles. The van der Waals surface area contributed by atoms with Gasteiger partial charge < -0.3 is 10.1 Å². The minimum atomic E-state index is -0.204. The van der Waals surface area contributed by atoms with Gasteiger partial charge in [0.05, 0.1) is 0 Å². The number of benzene rings is 2. The first-order valence-electron chi connectivity index (χ1n) is 11.6. The molecule has 0 spiro atoms. The molecule has 2 aromatic rings. The van der Waals surface area contributed by atoms with Gasteiger partial charge in [0.25, 0.3) is 0 Å². The Kier molecular flexibility index (Phi) is 7.33. The number of ether oxygens (including phenoxy) is 1. The number of fused-ring (bicyclic) bond motifs is 1. The van der Waals surface area contributed by atoms with E-state index in [1.54, 1.807) is 0 Å². The zero-order valence-corrected chi connectivity index (χ0v) is 23.1. The Hall–Kier alpha value is -1.56.